The highest BCUT2D eigenvalue weighted by Crippen LogP contribution is 2.09. The quantitative estimate of drug-likeness (QED) is 0.354. The summed E-state index contributed by atoms with van der Waals surface area (Å²) in [5.74, 6) is 0.956. The number of aryl methyl sites for hydroxylation is 1. The van der Waals surface area contributed by atoms with Crippen LogP contribution < -0.4 is 5.32 Å². The van der Waals surface area contributed by atoms with E-state index in [4.69, 9.17) is 4.99 Å². The zero-order chi connectivity index (χ0) is 16.4. The van der Waals surface area contributed by atoms with Crippen molar-refractivity contribution in [1.82, 2.24) is 20.1 Å². The smallest absolute Gasteiger partial charge is 0.194 e. The Balaban J connectivity index is 0.00000484. The van der Waals surface area contributed by atoms with Crippen molar-refractivity contribution in [3.63, 3.8) is 0 Å². The molecule has 0 aliphatic heterocycles. The standard InChI is InChI=1S/C16H31N5S.HI/c1-6-8-10-20(4)11-9-18-16(17-7-2)21(5)12-15-13-22-14(3)19-15;/h13H,6-12H2,1-5H3,(H,17,18);1H. The van der Waals surface area contributed by atoms with Crippen LogP contribution in [0.25, 0.3) is 0 Å². The van der Waals surface area contributed by atoms with Crippen LogP contribution in [0.1, 0.15) is 37.4 Å². The van der Waals surface area contributed by atoms with Crippen molar-refractivity contribution in [3.8, 4) is 0 Å². The summed E-state index contributed by atoms with van der Waals surface area (Å²) in [6, 6.07) is 0. The van der Waals surface area contributed by atoms with E-state index < -0.39 is 0 Å². The summed E-state index contributed by atoms with van der Waals surface area (Å²) >= 11 is 1.70. The maximum atomic E-state index is 4.73. The molecule has 0 amide bonds. The molecule has 23 heavy (non-hydrogen) atoms. The van der Waals surface area contributed by atoms with Gasteiger partial charge in [-0.15, -0.1) is 35.3 Å². The summed E-state index contributed by atoms with van der Waals surface area (Å²) in [6.45, 7) is 11.0. The average molecular weight is 453 g/mol. The number of halogens is 1. The van der Waals surface area contributed by atoms with Crippen LogP contribution in [-0.4, -0.2) is 61.0 Å². The molecule has 0 aliphatic carbocycles. The predicted octanol–water partition coefficient (Wildman–Crippen LogP) is 3.20. The second-order valence-corrected chi connectivity index (χ2v) is 6.67. The molecular weight excluding hydrogens is 421 g/mol. The first-order chi connectivity index (χ1) is 10.6. The van der Waals surface area contributed by atoms with Gasteiger partial charge in [0.1, 0.15) is 0 Å². The number of guanidine groups is 1. The van der Waals surface area contributed by atoms with Gasteiger partial charge in [0.25, 0.3) is 0 Å². The highest BCUT2D eigenvalue weighted by molar-refractivity contribution is 14.0. The summed E-state index contributed by atoms with van der Waals surface area (Å²) < 4.78 is 0. The zero-order valence-electron chi connectivity index (χ0n) is 15.1. The molecule has 1 aromatic rings. The van der Waals surface area contributed by atoms with Crippen LogP contribution in [0, 0.1) is 6.92 Å². The number of hydrogen-bond donors (Lipinski definition) is 1. The fourth-order valence-electron chi connectivity index (χ4n) is 2.13. The fourth-order valence-corrected chi connectivity index (χ4v) is 2.74. The molecule has 0 aromatic carbocycles. The number of unbranched alkanes of at least 4 members (excludes halogenated alkanes) is 1. The second-order valence-electron chi connectivity index (χ2n) is 5.61. The van der Waals surface area contributed by atoms with E-state index in [1.165, 1.54) is 12.8 Å². The van der Waals surface area contributed by atoms with Crippen LogP contribution in [0.2, 0.25) is 0 Å². The van der Waals surface area contributed by atoms with Crippen molar-refractivity contribution < 1.29 is 0 Å². The maximum Gasteiger partial charge on any atom is 0.194 e. The molecule has 0 aliphatic rings. The minimum atomic E-state index is 0. The SMILES string of the molecule is CCCCN(C)CCN=C(NCC)N(C)Cc1csc(C)n1.I. The number of aromatic nitrogens is 1. The number of likely N-dealkylation sites (N-methyl/N-ethyl adjacent to an activating group) is 1. The molecule has 0 radical (unpaired) electrons. The number of nitrogens with one attached hydrogen (secondary N) is 1. The number of aliphatic imine (C=N–C) groups is 1. The summed E-state index contributed by atoms with van der Waals surface area (Å²) in [7, 11) is 4.23. The van der Waals surface area contributed by atoms with Crippen molar-refractivity contribution in [2.45, 2.75) is 40.2 Å². The van der Waals surface area contributed by atoms with Crippen LogP contribution in [0.5, 0.6) is 0 Å². The molecule has 0 bridgehead atoms. The number of hydrogen-bond acceptors (Lipinski definition) is 4. The minimum absolute atomic E-state index is 0. The van der Waals surface area contributed by atoms with Gasteiger partial charge in [0.2, 0.25) is 0 Å². The molecule has 5 nitrogen and oxygen atoms in total. The van der Waals surface area contributed by atoms with Gasteiger partial charge in [-0.1, -0.05) is 13.3 Å². The molecule has 1 N–H and O–H groups in total. The van der Waals surface area contributed by atoms with Gasteiger partial charge in [-0.25, -0.2) is 4.98 Å². The highest BCUT2D eigenvalue weighted by Gasteiger charge is 2.08. The molecule has 1 heterocycles. The summed E-state index contributed by atoms with van der Waals surface area (Å²) in [5, 5.41) is 6.59. The van der Waals surface area contributed by atoms with E-state index in [1.807, 2.05) is 6.92 Å². The lowest BCUT2D eigenvalue weighted by Crippen LogP contribution is -2.39. The Hall–Kier alpha value is -0.410. The lowest BCUT2D eigenvalue weighted by molar-refractivity contribution is 0.336. The Morgan fingerprint density at radius 2 is 2.04 bits per heavy atom. The number of nitrogens with zero attached hydrogens (tertiary/aromatic N) is 4. The number of rotatable bonds is 9. The van der Waals surface area contributed by atoms with Gasteiger partial charge in [-0.2, -0.15) is 0 Å². The Labute approximate surface area is 162 Å². The molecule has 7 heteroatoms. The lowest BCUT2D eigenvalue weighted by Gasteiger charge is -2.22. The van der Waals surface area contributed by atoms with Gasteiger partial charge in [0, 0.05) is 25.5 Å². The first kappa shape index (κ1) is 22.6. The number of thiazole rings is 1. The molecule has 0 saturated heterocycles. The Morgan fingerprint density at radius 3 is 2.61 bits per heavy atom. The zero-order valence-corrected chi connectivity index (χ0v) is 18.3. The Kier molecular flexibility index (Phi) is 12.7. The van der Waals surface area contributed by atoms with Gasteiger partial charge < -0.3 is 15.1 Å². The van der Waals surface area contributed by atoms with E-state index in [-0.39, 0.29) is 24.0 Å². The van der Waals surface area contributed by atoms with Crippen molar-refractivity contribution >= 4 is 41.3 Å². The topological polar surface area (TPSA) is 43.8 Å². The molecule has 0 fully saturated rings. The Morgan fingerprint density at radius 1 is 1.30 bits per heavy atom. The van der Waals surface area contributed by atoms with Gasteiger partial charge in [-0.3, -0.25) is 4.99 Å². The summed E-state index contributed by atoms with van der Waals surface area (Å²) in [6.07, 6.45) is 2.50. The molecule has 0 spiro atoms. The van der Waals surface area contributed by atoms with E-state index in [9.17, 15) is 0 Å². The van der Waals surface area contributed by atoms with Crippen molar-refractivity contribution in [1.29, 1.82) is 0 Å². The largest absolute Gasteiger partial charge is 0.357 e. The lowest BCUT2D eigenvalue weighted by atomic mass is 10.3. The molecule has 1 rings (SSSR count). The van der Waals surface area contributed by atoms with Crippen molar-refractivity contribution in [2.24, 2.45) is 4.99 Å². The molecule has 1 aromatic heterocycles. The van der Waals surface area contributed by atoms with E-state index in [0.717, 1.165) is 49.4 Å². The molecule has 0 atom stereocenters. The van der Waals surface area contributed by atoms with E-state index in [2.05, 4.69) is 53.4 Å². The molecular formula is C16H32IN5S. The monoisotopic (exact) mass is 453 g/mol. The van der Waals surface area contributed by atoms with Gasteiger partial charge in [-0.05, 0) is 33.9 Å². The molecule has 134 valence electrons. The highest BCUT2D eigenvalue weighted by atomic mass is 127. The van der Waals surface area contributed by atoms with E-state index >= 15 is 0 Å². The first-order valence-corrected chi connectivity index (χ1v) is 9.03. The van der Waals surface area contributed by atoms with Crippen LogP contribution >= 0.6 is 35.3 Å². The van der Waals surface area contributed by atoms with Crippen LogP contribution in [0.4, 0.5) is 0 Å². The van der Waals surface area contributed by atoms with E-state index in [0.29, 0.717) is 0 Å². The normalized spacial score (nSPS) is 11.5. The second kappa shape index (κ2) is 12.9. The third-order valence-electron chi connectivity index (χ3n) is 3.40. The molecule has 0 saturated carbocycles. The third kappa shape index (κ3) is 9.46. The van der Waals surface area contributed by atoms with Gasteiger partial charge >= 0.3 is 0 Å². The minimum Gasteiger partial charge on any atom is -0.357 e. The third-order valence-corrected chi connectivity index (χ3v) is 4.22. The van der Waals surface area contributed by atoms with Crippen molar-refractivity contribution in [2.75, 3.05) is 40.3 Å². The maximum absolute atomic E-state index is 4.73. The summed E-state index contributed by atoms with van der Waals surface area (Å²) in [5.41, 5.74) is 1.11. The van der Waals surface area contributed by atoms with Crippen LogP contribution in [0.15, 0.2) is 10.4 Å². The van der Waals surface area contributed by atoms with Crippen molar-refractivity contribution in [3.05, 3.63) is 16.1 Å². The predicted molar refractivity (Wildman–Crippen MR) is 112 cm³/mol. The summed E-state index contributed by atoms with van der Waals surface area (Å²) in [4.78, 5) is 13.7. The van der Waals surface area contributed by atoms with Gasteiger partial charge in [0.15, 0.2) is 5.96 Å². The fraction of sp³-hybridized carbons (Fsp3) is 0.750. The van der Waals surface area contributed by atoms with E-state index in [1.54, 1.807) is 11.3 Å². The van der Waals surface area contributed by atoms with Crippen LogP contribution in [-0.2, 0) is 6.54 Å². The van der Waals surface area contributed by atoms with Gasteiger partial charge in [0.05, 0.1) is 23.8 Å². The average Bonchev–Trinajstić information content (AvgIpc) is 2.89. The van der Waals surface area contributed by atoms with Crippen LogP contribution in [0.3, 0.4) is 0 Å². The Bertz CT molecular complexity index is 449. The molecule has 0 unspecified atom stereocenters. The first-order valence-electron chi connectivity index (χ1n) is 8.15.